The number of β-amino-alcohol motifs (C(OH)–C–C–N with tert-alkyl or cyclic N) is 1. The minimum atomic E-state index is -0.351. The van der Waals surface area contributed by atoms with Crippen LogP contribution in [0, 0.1) is 13.8 Å². The Kier molecular flexibility index (Phi) is 6.69. The van der Waals surface area contributed by atoms with Crippen molar-refractivity contribution in [2.45, 2.75) is 64.9 Å². The summed E-state index contributed by atoms with van der Waals surface area (Å²) in [5.74, 6) is 1.08. The molecule has 1 aromatic carbocycles. The normalized spacial score (nSPS) is 19.8. The Morgan fingerprint density at radius 1 is 1.09 bits per heavy atom. The van der Waals surface area contributed by atoms with Crippen LogP contribution in [-0.4, -0.2) is 69.6 Å². The van der Waals surface area contributed by atoms with Gasteiger partial charge in [0.1, 0.15) is 0 Å². The van der Waals surface area contributed by atoms with Gasteiger partial charge in [-0.05, 0) is 93.4 Å². The fourth-order valence-corrected chi connectivity index (χ4v) is 5.97. The number of aliphatic hydroxyl groups is 1. The Balaban J connectivity index is 1.33. The number of aliphatic hydroxyl groups excluding tert-OH is 1. The molecule has 2 aromatic heterocycles. The van der Waals surface area contributed by atoms with Gasteiger partial charge in [0.25, 0.3) is 0 Å². The van der Waals surface area contributed by atoms with E-state index < -0.39 is 0 Å². The zero-order valence-electron chi connectivity index (χ0n) is 21.5. The van der Waals surface area contributed by atoms with Crippen LogP contribution in [0.15, 0.2) is 30.3 Å². The van der Waals surface area contributed by atoms with Crippen LogP contribution in [0.2, 0.25) is 0 Å². The van der Waals surface area contributed by atoms with Crippen LogP contribution in [0.4, 0.5) is 0 Å². The molecule has 0 spiro atoms. The lowest BCUT2D eigenvalue weighted by Gasteiger charge is -2.32. The second-order valence-corrected chi connectivity index (χ2v) is 10.8. The number of likely N-dealkylation sites (tertiary alicyclic amines) is 2. The lowest BCUT2D eigenvalue weighted by atomic mass is 9.87. The zero-order valence-corrected chi connectivity index (χ0v) is 21.5. The molecule has 1 amide bonds. The van der Waals surface area contributed by atoms with Crippen LogP contribution in [0.3, 0.4) is 0 Å². The van der Waals surface area contributed by atoms with E-state index in [-0.39, 0.29) is 12.0 Å². The molecule has 186 valence electrons. The summed E-state index contributed by atoms with van der Waals surface area (Å²) in [7, 11) is 0. The first-order valence-corrected chi connectivity index (χ1v) is 13.1. The molecule has 0 radical (unpaired) electrons. The smallest absolute Gasteiger partial charge is 0.236 e. The molecule has 2 N–H and O–H groups in total. The van der Waals surface area contributed by atoms with E-state index in [0.717, 1.165) is 37.3 Å². The maximum absolute atomic E-state index is 12.6. The molecule has 0 unspecified atom stereocenters. The third-order valence-electron chi connectivity index (χ3n) is 7.74. The van der Waals surface area contributed by atoms with Gasteiger partial charge < -0.3 is 15.0 Å². The van der Waals surface area contributed by atoms with E-state index in [2.05, 4.69) is 72.9 Å². The Labute approximate surface area is 208 Å². The average molecular weight is 475 g/mol. The van der Waals surface area contributed by atoms with Crippen LogP contribution in [0.5, 0.6) is 0 Å². The molecule has 5 rings (SSSR count). The van der Waals surface area contributed by atoms with Crippen molar-refractivity contribution < 1.29 is 9.90 Å². The van der Waals surface area contributed by atoms with Crippen LogP contribution in [-0.2, 0) is 4.79 Å². The number of aromatic amines is 1. The largest absolute Gasteiger partial charge is 0.391 e. The number of pyridine rings is 1. The maximum Gasteiger partial charge on any atom is 0.236 e. The van der Waals surface area contributed by atoms with E-state index in [9.17, 15) is 9.90 Å². The minimum absolute atomic E-state index is 0.157. The number of fused-ring (bicyclic) bond motifs is 1. The average Bonchev–Trinajstić information content (AvgIpc) is 3.42. The molecule has 35 heavy (non-hydrogen) atoms. The summed E-state index contributed by atoms with van der Waals surface area (Å²) in [6.07, 6.45) is 2.49. The van der Waals surface area contributed by atoms with Crippen molar-refractivity contribution in [1.29, 1.82) is 0 Å². The van der Waals surface area contributed by atoms with Crippen LogP contribution < -0.4 is 0 Å². The van der Waals surface area contributed by atoms with E-state index in [0.29, 0.717) is 37.9 Å². The van der Waals surface area contributed by atoms with Crippen molar-refractivity contribution in [3.8, 4) is 11.3 Å². The molecule has 0 saturated carbocycles. The maximum atomic E-state index is 12.6. The third-order valence-corrected chi connectivity index (χ3v) is 7.74. The van der Waals surface area contributed by atoms with Gasteiger partial charge in [-0.25, -0.2) is 0 Å². The molecule has 6 heteroatoms. The number of rotatable bonds is 5. The van der Waals surface area contributed by atoms with Crippen LogP contribution in [0.1, 0.15) is 67.5 Å². The van der Waals surface area contributed by atoms with Crippen molar-refractivity contribution in [1.82, 2.24) is 19.8 Å². The second-order valence-electron chi connectivity index (χ2n) is 10.8. The molecular formula is C29H38N4O2. The van der Waals surface area contributed by atoms with Crippen LogP contribution >= 0.6 is 0 Å². The molecule has 2 saturated heterocycles. The number of amides is 1. The summed E-state index contributed by atoms with van der Waals surface area (Å²) >= 11 is 0. The summed E-state index contributed by atoms with van der Waals surface area (Å²) in [6, 6.07) is 11.3. The molecule has 2 aliphatic rings. The third kappa shape index (κ3) is 5.00. The lowest BCUT2D eigenvalue weighted by Crippen LogP contribution is -2.42. The second kappa shape index (κ2) is 9.75. The number of carbonyl (C=O) groups is 1. The van der Waals surface area contributed by atoms with Crippen LogP contribution in [0.25, 0.3) is 22.2 Å². The number of hydrogen-bond acceptors (Lipinski definition) is 4. The summed E-state index contributed by atoms with van der Waals surface area (Å²) in [5.41, 5.74) is 8.47. The Bertz CT molecular complexity index is 1200. The highest BCUT2D eigenvalue weighted by Crippen LogP contribution is 2.38. The highest BCUT2D eigenvalue weighted by Gasteiger charge is 2.28. The predicted molar refractivity (Wildman–Crippen MR) is 141 cm³/mol. The van der Waals surface area contributed by atoms with Gasteiger partial charge in [0.2, 0.25) is 5.91 Å². The van der Waals surface area contributed by atoms with E-state index in [4.69, 9.17) is 0 Å². The number of aryl methyl sites for hydroxylation is 2. The summed E-state index contributed by atoms with van der Waals surface area (Å²) in [5, 5.41) is 11.0. The number of hydrogen-bond donors (Lipinski definition) is 2. The van der Waals surface area contributed by atoms with Gasteiger partial charge in [-0.2, -0.15) is 0 Å². The number of nitrogens with zero attached hydrogens (tertiary/aromatic N) is 3. The van der Waals surface area contributed by atoms with Crippen molar-refractivity contribution in [2.75, 3.05) is 32.7 Å². The van der Waals surface area contributed by atoms with Crippen molar-refractivity contribution in [3.05, 3.63) is 52.8 Å². The predicted octanol–water partition coefficient (Wildman–Crippen LogP) is 4.74. The van der Waals surface area contributed by atoms with Gasteiger partial charge in [0.05, 0.1) is 18.3 Å². The van der Waals surface area contributed by atoms with Crippen molar-refractivity contribution in [3.63, 3.8) is 0 Å². The molecule has 0 aliphatic carbocycles. The standard InChI is InChI=1S/C29H38N4O2/c1-18(2)28-25-15-22(5-6-26(25)31-29(28)23-13-19(3)30-20(4)14-23)21-7-10-32(11-8-21)17-27(35)33-12-9-24(34)16-33/h5-6,13-15,18,21,24,31,34H,7-12,16-17H2,1-4H3/t24-/m1/s1. The highest BCUT2D eigenvalue weighted by molar-refractivity contribution is 5.92. The van der Waals surface area contributed by atoms with E-state index in [1.165, 1.54) is 33.3 Å². The van der Waals surface area contributed by atoms with E-state index in [1.807, 2.05) is 4.90 Å². The zero-order chi connectivity index (χ0) is 24.7. The van der Waals surface area contributed by atoms with E-state index >= 15 is 0 Å². The Hall–Kier alpha value is -2.70. The monoisotopic (exact) mass is 474 g/mol. The van der Waals surface area contributed by atoms with Gasteiger partial charge in [0.15, 0.2) is 0 Å². The molecular weight excluding hydrogens is 436 g/mol. The number of H-pyrrole nitrogens is 1. The number of piperidine rings is 1. The molecule has 1 atom stereocenters. The topological polar surface area (TPSA) is 72.5 Å². The first kappa shape index (κ1) is 24.0. The summed E-state index contributed by atoms with van der Waals surface area (Å²) in [4.78, 5) is 24.9. The molecule has 0 bridgehead atoms. The Morgan fingerprint density at radius 3 is 2.43 bits per heavy atom. The first-order valence-electron chi connectivity index (χ1n) is 13.1. The lowest BCUT2D eigenvalue weighted by molar-refractivity contribution is -0.132. The van der Waals surface area contributed by atoms with Gasteiger partial charge in [-0.15, -0.1) is 0 Å². The number of aromatic nitrogens is 2. The number of carbonyl (C=O) groups excluding carboxylic acids is 1. The molecule has 2 aliphatic heterocycles. The fraction of sp³-hybridized carbons (Fsp3) is 0.517. The molecule has 6 nitrogen and oxygen atoms in total. The molecule has 4 heterocycles. The minimum Gasteiger partial charge on any atom is -0.391 e. The fourth-order valence-electron chi connectivity index (χ4n) is 5.97. The quantitative estimate of drug-likeness (QED) is 0.560. The Morgan fingerprint density at radius 2 is 1.80 bits per heavy atom. The highest BCUT2D eigenvalue weighted by atomic mass is 16.3. The summed E-state index contributed by atoms with van der Waals surface area (Å²) < 4.78 is 0. The first-order chi connectivity index (χ1) is 16.8. The van der Waals surface area contributed by atoms with E-state index in [1.54, 1.807) is 0 Å². The SMILES string of the molecule is Cc1cc(-c2[nH]c3ccc(C4CCN(CC(=O)N5CC[C@@H](O)C5)CC4)cc3c2C(C)C)cc(C)n1. The van der Waals surface area contributed by atoms with Gasteiger partial charge in [-0.3, -0.25) is 14.7 Å². The van der Waals surface area contributed by atoms with Gasteiger partial charge >= 0.3 is 0 Å². The molecule has 3 aromatic rings. The van der Waals surface area contributed by atoms with Crippen molar-refractivity contribution in [2.24, 2.45) is 0 Å². The number of benzene rings is 1. The van der Waals surface area contributed by atoms with Gasteiger partial charge in [-0.1, -0.05) is 19.9 Å². The number of nitrogens with one attached hydrogen (secondary N) is 1. The van der Waals surface area contributed by atoms with Crippen molar-refractivity contribution >= 4 is 16.8 Å². The van der Waals surface area contributed by atoms with Gasteiger partial charge in [0, 0.05) is 40.9 Å². The molecule has 2 fully saturated rings. The summed E-state index contributed by atoms with van der Waals surface area (Å²) in [6.45, 7) is 12.2.